The van der Waals surface area contributed by atoms with Gasteiger partial charge < -0.3 is 16.0 Å². The fourth-order valence-electron chi connectivity index (χ4n) is 1.50. The van der Waals surface area contributed by atoms with Gasteiger partial charge in [0.2, 0.25) is 0 Å². The van der Waals surface area contributed by atoms with Crippen LogP contribution >= 0.6 is 0 Å². The van der Waals surface area contributed by atoms with E-state index in [0.717, 1.165) is 24.3 Å². The second-order valence-electron chi connectivity index (χ2n) is 3.58. The lowest BCUT2D eigenvalue weighted by atomic mass is 10.2. The minimum Gasteiger partial charge on any atom is -0.399 e. The number of rotatable bonds is 4. The molecule has 0 spiro atoms. The predicted octanol–water partition coefficient (Wildman–Crippen LogP) is 1.82. The molecule has 0 unspecified atom stereocenters. The van der Waals surface area contributed by atoms with Gasteiger partial charge in [0.15, 0.2) is 0 Å². The highest BCUT2D eigenvalue weighted by Crippen LogP contribution is 2.06. The lowest BCUT2D eigenvalue weighted by Crippen LogP contribution is -2.39. The monoisotopic (exact) mass is 221 g/mol. The molecule has 1 aromatic carbocycles. The number of urea groups is 1. The largest absolute Gasteiger partial charge is 0.399 e. The van der Waals surface area contributed by atoms with Crippen LogP contribution in [0.25, 0.3) is 0 Å². The average Bonchev–Trinajstić information content (AvgIpc) is 2.28. The molecular formula is C12H19N3O. The van der Waals surface area contributed by atoms with Gasteiger partial charge in [-0.25, -0.2) is 4.79 Å². The third kappa shape index (κ3) is 3.46. The third-order valence-corrected chi connectivity index (χ3v) is 2.45. The zero-order chi connectivity index (χ0) is 12.0. The molecule has 1 rings (SSSR count). The number of benzene rings is 1. The van der Waals surface area contributed by atoms with Crippen molar-refractivity contribution < 1.29 is 4.79 Å². The summed E-state index contributed by atoms with van der Waals surface area (Å²) in [6.07, 6.45) is 0. The second-order valence-corrected chi connectivity index (χ2v) is 3.58. The van der Waals surface area contributed by atoms with Crippen LogP contribution in [0.4, 0.5) is 10.5 Å². The van der Waals surface area contributed by atoms with Gasteiger partial charge in [-0.3, -0.25) is 0 Å². The lowest BCUT2D eigenvalue weighted by molar-refractivity contribution is 0.203. The van der Waals surface area contributed by atoms with Gasteiger partial charge in [0.1, 0.15) is 0 Å². The first-order valence-corrected chi connectivity index (χ1v) is 5.54. The molecule has 0 saturated heterocycles. The van der Waals surface area contributed by atoms with Crippen molar-refractivity contribution in [2.24, 2.45) is 0 Å². The van der Waals surface area contributed by atoms with Crippen molar-refractivity contribution in [3.05, 3.63) is 29.8 Å². The number of carbonyl (C=O) groups excluding carboxylic acids is 1. The number of amides is 2. The van der Waals surface area contributed by atoms with Gasteiger partial charge in [-0.2, -0.15) is 0 Å². The highest BCUT2D eigenvalue weighted by Gasteiger charge is 2.07. The Hall–Kier alpha value is -1.71. The van der Waals surface area contributed by atoms with Crippen molar-refractivity contribution in [2.75, 3.05) is 18.8 Å². The number of hydrogen-bond donors (Lipinski definition) is 2. The number of nitrogens with one attached hydrogen (secondary N) is 1. The highest BCUT2D eigenvalue weighted by molar-refractivity contribution is 5.74. The van der Waals surface area contributed by atoms with Crippen molar-refractivity contribution in [1.82, 2.24) is 10.2 Å². The summed E-state index contributed by atoms with van der Waals surface area (Å²) in [5, 5.41) is 2.86. The van der Waals surface area contributed by atoms with Gasteiger partial charge in [-0.15, -0.1) is 0 Å². The van der Waals surface area contributed by atoms with Crippen molar-refractivity contribution in [3.8, 4) is 0 Å². The summed E-state index contributed by atoms with van der Waals surface area (Å²) in [5.74, 6) is 0. The highest BCUT2D eigenvalue weighted by atomic mass is 16.2. The summed E-state index contributed by atoms with van der Waals surface area (Å²) in [7, 11) is 0. The number of nitrogen functional groups attached to an aromatic ring is 1. The fraction of sp³-hybridized carbons (Fsp3) is 0.417. The van der Waals surface area contributed by atoms with Crippen LogP contribution < -0.4 is 11.1 Å². The predicted molar refractivity (Wildman–Crippen MR) is 66.0 cm³/mol. The van der Waals surface area contributed by atoms with Crippen molar-refractivity contribution in [1.29, 1.82) is 0 Å². The molecule has 3 N–H and O–H groups in total. The summed E-state index contributed by atoms with van der Waals surface area (Å²) >= 11 is 0. The Morgan fingerprint density at radius 3 is 2.62 bits per heavy atom. The van der Waals surface area contributed by atoms with E-state index in [1.165, 1.54) is 0 Å². The molecule has 4 nitrogen and oxygen atoms in total. The number of nitrogens with zero attached hydrogens (tertiary/aromatic N) is 1. The van der Waals surface area contributed by atoms with Crippen LogP contribution in [0.15, 0.2) is 24.3 Å². The van der Waals surface area contributed by atoms with Crippen LogP contribution in [-0.4, -0.2) is 24.0 Å². The zero-order valence-electron chi connectivity index (χ0n) is 9.86. The molecule has 0 saturated carbocycles. The number of nitrogens with two attached hydrogens (primary N) is 1. The van der Waals surface area contributed by atoms with Crippen LogP contribution in [0.2, 0.25) is 0 Å². The quantitative estimate of drug-likeness (QED) is 0.762. The standard InChI is InChI=1S/C12H19N3O/c1-3-15(4-2)12(16)14-9-10-6-5-7-11(13)8-10/h5-8H,3-4,9,13H2,1-2H3,(H,14,16). The Labute approximate surface area is 96.4 Å². The molecule has 0 radical (unpaired) electrons. The normalized spacial score (nSPS) is 9.88. The molecule has 88 valence electrons. The third-order valence-electron chi connectivity index (χ3n) is 2.45. The molecular weight excluding hydrogens is 202 g/mol. The van der Waals surface area contributed by atoms with Crippen LogP contribution in [0.1, 0.15) is 19.4 Å². The summed E-state index contributed by atoms with van der Waals surface area (Å²) in [4.78, 5) is 13.4. The first-order valence-electron chi connectivity index (χ1n) is 5.54. The van der Waals surface area contributed by atoms with E-state index < -0.39 is 0 Å². The number of hydrogen-bond acceptors (Lipinski definition) is 2. The molecule has 4 heteroatoms. The Morgan fingerprint density at radius 2 is 2.06 bits per heavy atom. The van der Waals surface area contributed by atoms with E-state index in [-0.39, 0.29) is 6.03 Å². The summed E-state index contributed by atoms with van der Waals surface area (Å²) in [6.45, 7) is 5.88. The first-order chi connectivity index (χ1) is 7.67. The minimum atomic E-state index is -0.0348. The van der Waals surface area contributed by atoms with Gasteiger partial charge in [-0.1, -0.05) is 12.1 Å². The summed E-state index contributed by atoms with van der Waals surface area (Å²) in [6, 6.07) is 7.48. The summed E-state index contributed by atoms with van der Waals surface area (Å²) in [5.41, 5.74) is 7.39. The van der Waals surface area contributed by atoms with Crippen LogP contribution in [-0.2, 0) is 6.54 Å². The van der Waals surface area contributed by atoms with E-state index in [4.69, 9.17) is 5.73 Å². The van der Waals surface area contributed by atoms with Crippen LogP contribution in [0.3, 0.4) is 0 Å². The van der Waals surface area contributed by atoms with Gasteiger partial charge in [-0.05, 0) is 31.5 Å². The topological polar surface area (TPSA) is 58.4 Å². The first kappa shape index (κ1) is 12.4. The number of anilines is 1. The minimum absolute atomic E-state index is 0.0348. The SMILES string of the molecule is CCN(CC)C(=O)NCc1cccc(N)c1. The maximum Gasteiger partial charge on any atom is 0.317 e. The average molecular weight is 221 g/mol. The molecule has 2 amide bonds. The molecule has 16 heavy (non-hydrogen) atoms. The van der Waals surface area contributed by atoms with Crippen molar-refractivity contribution in [3.63, 3.8) is 0 Å². The molecule has 0 atom stereocenters. The molecule has 0 aliphatic carbocycles. The van der Waals surface area contributed by atoms with E-state index in [2.05, 4.69) is 5.32 Å². The lowest BCUT2D eigenvalue weighted by Gasteiger charge is -2.19. The van der Waals surface area contributed by atoms with E-state index in [0.29, 0.717) is 6.54 Å². The van der Waals surface area contributed by atoms with Gasteiger partial charge >= 0.3 is 6.03 Å². The molecule has 0 bridgehead atoms. The Bertz CT molecular complexity index is 348. The molecule has 0 aliphatic heterocycles. The molecule has 0 fully saturated rings. The Kier molecular flexibility index (Phi) is 4.64. The van der Waals surface area contributed by atoms with Gasteiger partial charge in [0, 0.05) is 25.3 Å². The van der Waals surface area contributed by atoms with Gasteiger partial charge in [0.05, 0.1) is 0 Å². The van der Waals surface area contributed by atoms with E-state index in [1.54, 1.807) is 4.90 Å². The van der Waals surface area contributed by atoms with E-state index >= 15 is 0 Å². The maximum absolute atomic E-state index is 11.6. The Balaban J connectivity index is 2.48. The molecule has 0 aromatic heterocycles. The van der Waals surface area contributed by atoms with Gasteiger partial charge in [0.25, 0.3) is 0 Å². The van der Waals surface area contributed by atoms with Crippen LogP contribution in [0.5, 0.6) is 0 Å². The molecule has 0 aliphatic rings. The van der Waals surface area contributed by atoms with Crippen LogP contribution in [0, 0.1) is 0 Å². The van der Waals surface area contributed by atoms with Crippen molar-refractivity contribution in [2.45, 2.75) is 20.4 Å². The fourth-order valence-corrected chi connectivity index (χ4v) is 1.50. The Morgan fingerprint density at radius 1 is 1.38 bits per heavy atom. The van der Waals surface area contributed by atoms with E-state index in [9.17, 15) is 4.79 Å². The maximum atomic E-state index is 11.6. The zero-order valence-corrected chi connectivity index (χ0v) is 9.86. The number of carbonyl (C=O) groups is 1. The summed E-state index contributed by atoms with van der Waals surface area (Å²) < 4.78 is 0. The van der Waals surface area contributed by atoms with E-state index in [1.807, 2.05) is 38.1 Å². The molecule has 0 heterocycles. The molecule has 1 aromatic rings. The van der Waals surface area contributed by atoms with Crippen molar-refractivity contribution >= 4 is 11.7 Å². The smallest absolute Gasteiger partial charge is 0.317 e. The second kappa shape index (κ2) is 6.00.